The van der Waals surface area contributed by atoms with Crippen LogP contribution in [0.5, 0.6) is 5.75 Å². The van der Waals surface area contributed by atoms with Gasteiger partial charge in [-0.15, -0.1) is 0 Å². The molecule has 0 saturated carbocycles. The SMILES string of the molecule is COc1ccc2cc(C(=O)NC3CCN(c4nnnn4C)CC3)cnc2c1. The van der Waals surface area contributed by atoms with Crippen LogP contribution in [0.25, 0.3) is 10.9 Å². The van der Waals surface area contributed by atoms with Crippen LogP contribution in [0.1, 0.15) is 23.2 Å². The highest BCUT2D eigenvalue weighted by Crippen LogP contribution is 2.20. The molecule has 0 atom stereocenters. The van der Waals surface area contributed by atoms with Gasteiger partial charge in [0, 0.05) is 43.8 Å². The summed E-state index contributed by atoms with van der Waals surface area (Å²) in [6, 6.07) is 7.61. The van der Waals surface area contributed by atoms with Crippen LogP contribution >= 0.6 is 0 Å². The topological polar surface area (TPSA) is 98.1 Å². The van der Waals surface area contributed by atoms with Gasteiger partial charge in [-0.05, 0) is 41.5 Å². The van der Waals surface area contributed by atoms with Crippen molar-refractivity contribution in [2.45, 2.75) is 18.9 Å². The molecule has 0 unspecified atom stereocenters. The second-order valence-corrected chi connectivity index (χ2v) is 6.62. The molecule has 1 amide bonds. The number of aryl methyl sites for hydroxylation is 1. The highest BCUT2D eigenvalue weighted by atomic mass is 16.5. The number of ether oxygens (including phenoxy) is 1. The Hall–Kier alpha value is -3.23. The Morgan fingerprint density at radius 2 is 2.07 bits per heavy atom. The van der Waals surface area contributed by atoms with Crippen molar-refractivity contribution in [2.24, 2.45) is 7.05 Å². The van der Waals surface area contributed by atoms with Gasteiger partial charge < -0.3 is 15.0 Å². The summed E-state index contributed by atoms with van der Waals surface area (Å²) >= 11 is 0. The lowest BCUT2D eigenvalue weighted by Crippen LogP contribution is -2.45. The number of hydrogen-bond donors (Lipinski definition) is 1. The minimum atomic E-state index is -0.0982. The molecule has 140 valence electrons. The minimum absolute atomic E-state index is 0.0982. The molecule has 0 bridgehead atoms. The molecule has 1 aliphatic heterocycles. The summed E-state index contributed by atoms with van der Waals surface area (Å²) in [7, 11) is 3.45. The third-order valence-electron chi connectivity index (χ3n) is 4.86. The molecule has 2 aromatic heterocycles. The molecule has 1 fully saturated rings. The number of methoxy groups -OCH3 is 1. The smallest absolute Gasteiger partial charge is 0.253 e. The summed E-state index contributed by atoms with van der Waals surface area (Å²) in [5, 5.41) is 15.6. The van der Waals surface area contributed by atoms with E-state index in [9.17, 15) is 4.79 Å². The second kappa shape index (κ2) is 7.18. The van der Waals surface area contributed by atoms with Gasteiger partial charge in [-0.25, -0.2) is 4.68 Å². The van der Waals surface area contributed by atoms with Gasteiger partial charge in [0.2, 0.25) is 5.95 Å². The average molecular weight is 367 g/mol. The van der Waals surface area contributed by atoms with Crippen molar-refractivity contribution in [1.29, 1.82) is 0 Å². The predicted octanol–water partition coefficient (Wildman–Crippen LogP) is 1.17. The van der Waals surface area contributed by atoms with E-state index in [1.54, 1.807) is 18.0 Å². The van der Waals surface area contributed by atoms with Crippen LogP contribution < -0.4 is 15.0 Å². The van der Waals surface area contributed by atoms with Gasteiger partial charge in [0.1, 0.15) is 5.75 Å². The molecule has 1 saturated heterocycles. The standard InChI is InChI=1S/C18H21N7O2/c1-24-18(21-22-23-24)25-7-5-14(6-8-25)20-17(26)13-9-12-3-4-15(27-2)10-16(12)19-11-13/h3-4,9-11,14H,5-8H2,1-2H3,(H,20,26). The molecule has 9 heteroatoms. The molecule has 27 heavy (non-hydrogen) atoms. The first kappa shape index (κ1) is 17.2. The fourth-order valence-electron chi connectivity index (χ4n) is 3.34. The number of rotatable bonds is 4. The van der Waals surface area contributed by atoms with Gasteiger partial charge in [-0.1, -0.05) is 5.10 Å². The maximum atomic E-state index is 12.6. The first-order valence-corrected chi connectivity index (χ1v) is 8.86. The van der Waals surface area contributed by atoms with E-state index >= 15 is 0 Å². The number of carbonyl (C=O) groups excluding carboxylic acids is 1. The Kier molecular flexibility index (Phi) is 4.57. The lowest BCUT2D eigenvalue weighted by atomic mass is 10.0. The highest BCUT2D eigenvalue weighted by molar-refractivity contribution is 5.97. The van der Waals surface area contributed by atoms with Crippen molar-refractivity contribution in [3.05, 3.63) is 36.0 Å². The first-order valence-electron chi connectivity index (χ1n) is 8.86. The molecule has 0 radical (unpaired) electrons. The van der Waals surface area contributed by atoms with E-state index in [0.29, 0.717) is 5.56 Å². The average Bonchev–Trinajstić information content (AvgIpc) is 3.13. The third kappa shape index (κ3) is 3.53. The summed E-state index contributed by atoms with van der Waals surface area (Å²) in [4.78, 5) is 19.1. The molecular formula is C18H21N7O2. The number of amides is 1. The molecule has 0 spiro atoms. The number of nitrogens with zero attached hydrogens (tertiary/aromatic N) is 6. The van der Waals surface area contributed by atoms with E-state index in [1.165, 1.54) is 0 Å². The number of fused-ring (bicyclic) bond motifs is 1. The number of piperidine rings is 1. The van der Waals surface area contributed by atoms with Gasteiger partial charge in [0.25, 0.3) is 5.91 Å². The monoisotopic (exact) mass is 367 g/mol. The summed E-state index contributed by atoms with van der Waals surface area (Å²) in [6.45, 7) is 1.60. The fraction of sp³-hybridized carbons (Fsp3) is 0.389. The zero-order valence-electron chi connectivity index (χ0n) is 15.3. The van der Waals surface area contributed by atoms with Crippen LogP contribution in [-0.4, -0.2) is 57.3 Å². The van der Waals surface area contributed by atoms with Gasteiger partial charge in [0.15, 0.2) is 0 Å². The molecule has 0 aliphatic carbocycles. The normalized spacial score (nSPS) is 15.1. The molecule has 1 aromatic carbocycles. The van der Waals surface area contributed by atoms with Crippen LogP contribution in [-0.2, 0) is 7.05 Å². The van der Waals surface area contributed by atoms with Crippen LogP contribution in [0.15, 0.2) is 30.5 Å². The fourth-order valence-corrected chi connectivity index (χ4v) is 3.34. The van der Waals surface area contributed by atoms with Crippen molar-refractivity contribution in [2.75, 3.05) is 25.1 Å². The van der Waals surface area contributed by atoms with Crippen molar-refractivity contribution in [3.63, 3.8) is 0 Å². The second-order valence-electron chi connectivity index (χ2n) is 6.62. The maximum Gasteiger partial charge on any atom is 0.253 e. The van der Waals surface area contributed by atoms with Crippen molar-refractivity contribution in [1.82, 2.24) is 30.5 Å². The Labute approximate surface area is 156 Å². The summed E-state index contributed by atoms with van der Waals surface area (Å²) in [5.41, 5.74) is 1.36. The van der Waals surface area contributed by atoms with Crippen LogP contribution in [0.3, 0.4) is 0 Å². The van der Waals surface area contributed by atoms with Crippen LogP contribution in [0.4, 0.5) is 5.95 Å². The van der Waals surface area contributed by atoms with Gasteiger partial charge in [-0.3, -0.25) is 9.78 Å². The number of benzene rings is 1. The Balaban J connectivity index is 1.39. The molecule has 9 nitrogen and oxygen atoms in total. The van der Waals surface area contributed by atoms with Gasteiger partial charge in [-0.2, -0.15) is 0 Å². The minimum Gasteiger partial charge on any atom is -0.497 e. The number of tetrazole rings is 1. The molecular weight excluding hydrogens is 346 g/mol. The third-order valence-corrected chi connectivity index (χ3v) is 4.86. The van der Waals surface area contributed by atoms with Gasteiger partial charge >= 0.3 is 0 Å². The zero-order chi connectivity index (χ0) is 18.8. The Morgan fingerprint density at radius 1 is 1.26 bits per heavy atom. The van der Waals surface area contributed by atoms with Crippen LogP contribution in [0, 0.1) is 0 Å². The molecule has 1 N–H and O–H groups in total. The Bertz CT molecular complexity index is 963. The van der Waals surface area contributed by atoms with E-state index in [1.807, 2.05) is 31.3 Å². The number of aromatic nitrogens is 5. The van der Waals surface area contributed by atoms with Crippen LogP contribution in [0.2, 0.25) is 0 Å². The number of carbonyl (C=O) groups is 1. The van der Waals surface area contributed by atoms with E-state index in [0.717, 1.165) is 48.5 Å². The molecule has 3 heterocycles. The van der Waals surface area contributed by atoms with E-state index < -0.39 is 0 Å². The zero-order valence-corrected chi connectivity index (χ0v) is 15.3. The molecule has 1 aliphatic rings. The largest absolute Gasteiger partial charge is 0.497 e. The van der Waals surface area contributed by atoms with Crippen molar-refractivity contribution in [3.8, 4) is 5.75 Å². The van der Waals surface area contributed by atoms with Crippen molar-refractivity contribution >= 4 is 22.8 Å². The van der Waals surface area contributed by atoms with E-state index in [-0.39, 0.29) is 11.9 Å². The maximum absolute atomic E-state index is 12.6. The number of anilines is 1. The molecule has 4 rings (SSSR count). The summed E-state index contributed by atoms with van der Waals surface area (Å²) in [5.74, 6) is 1.41. The molecule has 3 aromatic rings. The van der Waals surface area contributed by atoms with E-state index in [4.69, 9.17) is 4.74 Å². The lowest BCUT2D eigenvalue weighted by molar-refractivity contribution is 0.0931. The Morgan fingerprint density at radius 3 is 2.78 bits per heavy atom. The first-order chi connectivity index (χ1) is 13.1. The van der Waals surface area contributed by atoms with Gasteiger partial charge in [0.05, 0.1) is 18.2 Å². The number of nitrogens with one attached hydrogen (secondary N) is 1. The number of pyridine rings is 1. The summed E-state index contributed by atoms with van der Waals surface area (Å²) < 4.78 is 6.87. The van der Waals surface area contributed by atoms with E-state index in [2.05, 4.69) is 30.7 Å². The highest BCUT2D eigenvalue weighted by Gasteiger charge is 2.24. The lowest BCUT2D eigenvalue weighted by Gasteiger charge is -2.32. The quantitative estimate of drug-likeness (QED) is 0.739. The van der Waals surface area contributed by atoms with Crippen molar-refractivity contribution < 1.29 is 9.53 Å². The predicted molar refractivity (Wildman–Crippen MR) is 99.8 cm³/mol. The summed E-state index contributed by atoms with van der Waals surface area (Å²) in [6.07, 6.45) is 3.30. The number of hydrogen-bond acceptors (Lipinski definition) is 7.